The molecule has 0 fully saturated rings. The number of hydrogen-bond acceptors (Lipinski definition) is 7. The quantitative estimate of drug-likeness (QED) is 0.630. The van der Waals surface area contributed by atoms with Crippen molar-refractivity contribution in [2.75, 3.05) is 28.4 Å². The molecule has 0 aliphatic carbocycles. The van der Waals surface area contributed by atoms with Crippen LogP contribution in [0.3, 0.4) is 0 Å². The molecular weight excluding hydrogens is 410 g/mol. The van der Waals surface area contributed by atoms with Crippen molar-refractivity contribution in [3.05, 3.63) is 60.1 Å². The van der Waals surface area contributed by atoms with Gasteiger partial charge in [-0.25, -0.2) is 4.98 Å². The zero-order valence-corrected chi connectivity index (χ0v) is 18.2. The van der Waals surface area contributed by atoms with Crippen LogP contribution in [0.2, 0.25) is 0 Å². The van der Waals surface area contributed by atoms with E-state index in [1.807, 2.05) is 42.6 Å². The van der Waals surface area contributed by atoms with Crippen LogP contribution >= 0.6 is 0 Å². The van der Waals surface area contributed by atoms with Crippen molar-refractivity contribution in [1.29, 1.82) is 0 Å². The van der Waals surface area contributed by atoms with Crippen molar-refractivity contribution in [1.82, 2.24) is 9.97 Å². The lowest BCUT2D eigenvalue weighted by molar-refractivity contribution is 0.221. The Morgan fingerprint density at radius 3 is 2.34 bits per heavy atom. The van der Waals surface area contributed by atoms with Crippen LogP contribution < -0.4 is 18.9 Å². The number of fused-ring (bicyclic) bond motifs is 2. The summed E-state index contributed by atoms with van der Waals surface area (Å²) in [6, 6.07) is 7.72. The number of hydrogen-bond donors (Lipinski definition) is 1. The Hall–Kier alpha value is -3.94. The summed E-state index contributed by atoms with van der Waals surface area (Å²) in [6.45, 7) is 0. The molecule has 1 aromatic heterocycles. The van der Waals surface area contributed by atoms with Gasteiger partial charge >= 0.3 is 0 Å². The maximum Gasteiger partial charge on any atom is 0.203 e. The van der Waals surface area contributed by atoms with Gasteiger partial charge < -0.3 is 28.7 Å². The van der Waals surface area contributed by atoms with Crippen molar-refractivity contribution < 1.29 is 23.7 Å². The first-order chi connectivity index (χ1) is 15.7. The van der Waals surface area contributed by atoms with Gasteiger partial charge in [-0.15, -0.1) is 0 Å². The highest BCUT2D eigenvalue weighted by Crippen LogP contribution is 2.44. The third kappa shape index (κ3) is 3.15. The van der Waals surface area contributed by atoms with Gasteiger partial charge in [0.1, 0.15) is 11.5 Å². The molecule has 2 aromatic carbocycles. The Labute approximate surface area is 185 Å². The number of methoxy groups -OCH3 is 4. The zero-order valence-electron chi connectivity index (χ0n) is 18.2. The number of aliphatic imine (C=N–C) groups is 1. The minimum atomic E-state index is -0.292. The van der Waals surface area contributed by atoms with Crippen LogP contribution in [0.4, 0.5) is 0 Å². The fraction of sp³-hybridized carbons (Fsp3) is 0.250. The molecule has 0 saturated carbocycles. The number of aromatic nitrogens is 2. The number of H-pyrrole nitrogens is 1. The average molecular weight is 433 g/mol. The van der Waals surface area contributed by atoms with Gasteiger partial charge in [-0.3, -0.25) is 4.99 Å². The largest absolute Gasteiger partial charge is 0.496 e. The Bertz CT molecular complexity index is 1250. The molecule has 2 aliphatic rings. The van der Waals surface area contributed by atoms with Crippen LogP contribution in [0.5, 0.6) is 23.0 Å². The summed E-state index contributed by atoms with van der Waals surface area (Å²) >= 11 is 0. The third-order valence-electron chi connectivity index (χ3n) is 5.75. The minimum Gasteiger partial charge on any atom is -0.496 e. The number of benzene rings is 2. The maximum atomic E-state index is 6.43. The van der Waals surface area contributed by atoms with Gasteiger partial charge in [0.05, 0.1) is 57.4 Å². The summed E-state index contributed by atoms with van der Waals surface area (Å²) in [5, 5.41) is 0. The Morgan fingerprint density at radius 2 is 1.66 bits per heavy atom. The van der Waals surface area contributed by atoms with E-state index < -0.39 is 0 Å². The Morgan fingerprint density at radius 1 is 0.906 bits per heavy atom. The minimum absolute atomic E-state index is 0.0886. The molecule has 8 nitrogen and oxygen atoms in total. The molecular formula is C24H23N3O5. The van der Waals surface area contributed by atoms with Crippen LogP contribution in [-0.4, -0.2) is 50.2 Å². The number of imidazole rings is 1. The fourth-order valence-corrected chi connectivity index (χ4v) is 4.20. The second kappa shape index (κ2) is 7.96. The number of rotatable bonds is 6. The normalized spacial score (nSPS) is 19.1. The summed E-state index contributed by atoms with van der Waals surface area (Å²) < 4.78 is 28.5. The molecule has 0 bridgehead atoms. The van der Waals surface area contributed by atoms with Gasteiger partial charge in [0, 0.05) is 29.5 Å². The van der Waals surface area contributed by atoms with E-state index in [1.165, 1.54) is 0 Å². The second-order valence-electron chi connectivity index (χ2n) is 7.40. The van der Waals surface area contributed by atoms with Gasteiger partial charge in [0.2, 0.25) is 5.75 Å². The molecule has 2 atom stereocenters. The Kier molecular flexibility index (Phi) is 4.97. The van der Waals surface area contributed by atoms with Crippen LogP contribution in [0.1, 0.15) is 17.0 Å². The summed E-state index contributed by atoms with van der Waals surface area (Å²) in [6.07, 6.45) is 7.16. The van der Waals surface area contributed by atoms with Gasteiger partial charge in [0.15, 0.2) is 17.6 Å². The molecule has 3 heterocycles. The van der Waals surface area contributed by atoms with E-state index in [9.17, 15) is 0 Å². The molecule has 1 N–H and O–H groups in total. The zero-order chi connectivity index (χ0) is 22.2. The van der Waals surface area contributed by atoms with Crippen LogP contribution in [0.15, 0.2) is 53.9 Å². The standard InChI is InChI=1S/C24H23N3O5/c1-28-20-10-17-16(26-12-27-17)9-15(20)14-5-6-25-18-11-19(32-23(14)18)13-7-21(29-2)24(31-4)22(8-13)30-3/h5-12,14,23H,1-4H3,(H,26,27). The first kappa shape index (κ1) is 20.0. The molecule has 0 radical (unpaired) electrons. The average Bonchev–Trinajstić information content (AvgIpc) is 3.48. The van der Waals surface area contributed by atoms with Crippen molar-refractivity contribution in [3.63, 3.8) is 0 Å². The highest BCUT2D eigenvalue weighted by atomic mass is 16.5. The number of nitrogens with one attached hydrogen (secondary N) is 1. The molecule has 3 aromatic rings. The monoisotopic (exact) mass is 433 g/mol. The van der Waals surface area contributed by atoms with Crippen molar-refractivity contribution in [3.8, 4) is 23.0 Å². The highest BCUT2D eigenvalue weighted by molar-refractivity contribution is 6.08. The molecule has 0 amide bonds. The van der Waals surface area contributed by atoms with Crippen LogP contribution in [0.25, 0.3) is 16.8 Å². The molecule has 2 unspecified atom stereocenters. The lowest BCUT2D eigenvalue weighted by Crippen LogP contribution is -2.26. The third-order valence-corrected chi connectivity index (χ3v) is 5.75. The van der Waals surface area contributed by atoms with Gasteiger partial charge in [-0.1, -0.05) is 6.08 Å². The first-order valence-electron chi connectivity index (χ1n) is 10.1. The van der Waals surface area contributed by atoms with Crippen LogP contribution in [0, 0.1) is 0 Å². The summed E-state index contributed by atoms with van der Waals surface area (Å²) in [5.74, 6) is 3.01. The van der Waals surface area contributed by atoms with Crippen molar-refractivity contribution in [2.24, 2.45) is 4.99 Å². The Balaban J connectivity index is 1.52. The SMILES string of the molecule is COc1cc2[nH]cnc2cc1C1C=CN=C2C=C(c3cc(OC)c(OC)c(OC)c3)OC21. The molecule has 164 valence electrons. The predicted octanol–water partition coefficient (Wildman–Crippen LogP) is 4.09. The molecule has 2 aliphatic heterocycles. The van der Waals surface area contributed by atoms with E-state index in [-0.39, 0.29) is 12.0 Å². The van der Waals surface area contributed by atoms with Crippen molar-refractivity contribution >= 4 is 22.5 Å². The van der Waals surface area contributed by atoms with Gasteiger partial charge in [-0.05, 0) is 18.2 Å². The van der Waals surface area contributed by atoms with E-state index in [2.05, 4.69) is 15.0 Å². The molecule has 5 rings (SSSR count). The number of nitrogens with zero attached hydrogens (tertiary/aromatic N) is 2. The van der Waals surface area contributed by atoms with E-state index >= 15 is 0 Å². The number of aromatic amines is 1. The summed E-state index contributed by atoms with van der Waals surface area (Å²) in [4.78, 5) is 12.1. The fourth-order valence-electron chi connectivity index (χ4n) is 4.20. The molecule has 8 heteroatoms. The topological polar surface area (TPSA) is 87.2 Å². The van der Waals surface area contributed by atoms with Gasteiger partial charge in [0.25, 0.3) is 0 Å². The molecule has 0 saturated heterocycles. The van der Waals surface area contributed by atoms with E-state index in [0.29, 0.717) is 23.0 Å². The van der Waals surface area contributed by atoms with Gasteiger partial charge in [-0.2, -0.15) is 0 Å². The van der Waals surface area contributed by atoms with E-state index in [1.54, 1.807) is 34.8 Å². The van der Waals surface area contributed by atoms with E-state index in [4.69, 9.17) is 23.7 Å². The van der Waals surface area contributed by atoms with Crippen molar-refractivity contribution in [2.45, 2.75) is 12.0 Å². The van der Waals surface area contributed by atoms with E-state index in [0.717, 1.165) is 33.6 Å². The second-order valence-corrected chi connectivity index (χ2v) is 7.40. The first-order valence-corrected chi connectivity index (χ1v) is 10.1. The molecule has 0 spiro atoms. The highest BCUT2D eigenvalue weighted by Gasteiger charge is 2.36. The molecule has 32 heavy (non-hydrogen) atoms. The lowest BCUT2D eigenvalue weighted by Gasteiger charge is -2.26. The summed E-state index contributed by atoms with van der Waals surface area (Å²) in [7, 11) is 6.42. The predicted molar refractivity (Wildman–Crippen MR) is 121 cm³/mol. The van der Waals surface area contributed by atoms with Crippen LogP contribution in [-0.2, 0) is 4.74 Å². The lowest BCUT2D eigenvalue weighted by atomic mass is 9.88. The maximum absolute atomic E-state index is 6.43. The smallest absolute Gasteiger partial charge is 0.203 e. The number of ether oxygens (including phenoxy) is 5. The summed E-state index contributed by atoms with van der Waals surface area (Å²) in [5.41, 5.74) is 4.42.